The molecule has 1 aromatic carbocycles. The lowest BCUT2D eigenvalue weighted by Gasteiger charge is -2.44. The average Bonchev–Trinajstić information content (AvgIpc) is 2.36. The van der Waals surface area contributed by atoms with Gasteiger partial charge in [-0.15, -0.1) is 0 Å². The van der Waals surface area contributed by atoms with Crippen LogP contribution in [0.4, 0.5) is 0 Å². The van der Waals surface area contributed by atoms with Crippen LogP contribution in [0.15, 0.2) is 12.1 Å². The van der Waals surface area contributed by atoms with Crippen molar-refractivity contribution in [1.29, 1.82) is 0 Å². The maximum absolute atomic E-state index is 5.65. The zero-order valence-electron chi connectivity index (χ0n) is 11.6. The molecule has 0 aromatic heterocycles. The Morgan fingerprint density at radius 3 is 1.89 bits per heavy atom. The number of hydrogen-bond acceptors (Lipinski definition) is 4. The molecule has 1 unspecified atom stereocenters. The molecule has 1 saturated heterocycles. The molecular weight excluding hydrogens is 232 g/mol. The number of methoxy groups -OCH3 is 3. The lowest BCUT2D eigenvalue weighted by Crippen LogP contribution is -2.40. The van der Waals surface area contributed by atoms with E-state index in [1.807, 2.05) is 12.1 Å². The van der Waals surface area contributed by atoms with E-state index in [0.29, 0.717) is 17.2 Å². The topological polar surface area (TPSA) is 36.9 Å². The maximum atomic E-state index is 5.65. The summed E-state index contributed by atoms with van der Waals surface area (Å²) in [6, 6.07) is 3.90. The molecule has 4 heteroatoms. The lowest BCUT2D eigenvalue weighted by atomic mass is 9.78. The minimum absolute atomic E-state index is 0.0752. The molecule has 1 atom stereocenters. The van der Waals surface area contributed by atoms with E-state index < -0.39 is 0 Å². The van der Waals surface area contributed by atoms with Gasteiger partial charge in [0, 0.05) is 5.41 Å². The van der Waals surface area contributed by atoms with Crippen molar-refractivity contribution in [2.75, 3.05) is 27.9 Å². The molecule has 4 nitrogen and oxygen atoms in total. The summed E-state index contributed by atoms with van der Waals surface area (Å²) in [6.45, 7) is 5.14. The average molecular weight is 252 g/mol. The second kappa shape index (κ2) is 4.69. The Morgan fingerprint density at radius 2 is 1.61 bits per heavy atom. The maximum Gasteiger partial charge on any atom is 0.203 e. The zero-order valence-corrected chi connectivity index (χ0v) is 11.6. The van der Waals surface area contributed by atoms with Gasteiger partial charge in [0.1, 0.15) is 0 Å². The highest BCUT2D eigenvalue weighted by Crippen LogP contribution is 2.49. The predicted molar refractivity (Wildman–Crippen MR) is 68.6 cm³/mol. The van der Waals surface area contributed by atoms with Gasteiger partial charge in [0.2, 0.25) is 5.75 Å². The molecule has 0 bridgehead atoms. The monoisotopic (exact) mass is 252 g/mol. The molecule has 1 aliphatic heterocycles. The first-order chi connectivity index (χ1) is 8.53. The van der Waals surface area contributed by atoms with Gasteiger partial charge in [-0.1, -0.05) is 13.8 Å². The molecule has 0 radical (unpaired) electrons. The van der Waals surface area contributed by atoms with Gasteiger partial charge in [0.15, 0.2) is 11.5 Å². The van der Waals surface area contributed by atoms with E-state index in [1.165, 1.54) is 0 Å². The van der Waals surface area contributed by atoms with Crippen LogP contribution in [-0.4, -0.2) is 27.9 Å². The number of benzene rings is 1. The van der Waals surface area contributed by atoms with E-state index in [0.717, 1.165) is 12.2 Å². The smallest absolute Gasteiger partial charge is 0.203 e. The summed E-state index contributed by atoms with van der Waals surface area (Å²) >= 11 is 0. The molecule has 1 aromatic rings. The summed E-state index contributed by atoms with van der Waals surface area (Å²) in [5.74, 6) is 1.94. The van der Waals surface area contributed by atoms with Gasteiger partial charge < -0.3 is 18.9 Å². The lowest BCUT2D eigenvalue weighted by molar-refractivity contribution is -0.172. The third-order valence-corrected chi connectivity index (χ3v) is 3.32. The van der Waals surface area contributed by atoms with Crippen LogP contribution in [-0.2, 0) is 4.74 Å². The van der Waals surface area contributed by atoms with Crippen molar-refractivity contribution in [3.63, 3.8) is 0 Å². The summed E-state index contributed by atoms with van der Waals surface area (Å²) in [7, 11) is 4.84. The molecule has 1 aliphatic rings. The quantitative estimate of drug-likeness (QED) is 0.825. The molecule has 0 spiro atoms. The molecule has 0 saturated carbocycles. The first-order valence-corrected chi connectivity index (χ1v) is 5.95. The van der Waals surface area contributed by atoms with Crippen LogP contribution in [0.1, 0.15) is 25.5 Å². The van der Waals surface area contributed by atoms with Crippen molar-refractivity contribution in [2.45, 2.75) is 20.0 Å². The molecule has 0 amide bonds. The standard InChI is InChI=1S/C14H20O4/c1-14(2)8-18-13(14)9-6-10(15-3)12(17-5)11(7-9)16-4/h6-7,13H,8H2,1-5H3. The van der Waals surface area contributed by atoms with E-state index in [-0.39, 0.29) is 11.5 Å². The fraction of sp³-hybridized carbons (Fsp3) is 0.571. The van der Waals surface area contributed by atoms with Gasteiger partial charge in [-0.05, 0) is 17.7 Å². The highest BCUT2D eigenvalue weighted by atomic mass is 16.5. The molecular formula is C14H20O4. The van der Waals surface area contributed by atoms with Crippen LogP contribution >= 0.6 is 0 Å². The zero-order chi connectivity index (χ0) is 13.3. The number of hydrogen-bond donors (Lipinski definition) is 0. The van der Waals surface area contributed by atoms with Crippen LogP contribution < -0.4 is 14.2 Å². The third-order valence-electron chi connectivity index (χ3n) is 3.32. The Bertz CT molecular complexity index is 414. The van der Waals surface area contributed by atoms with Gasteiger partial charge in [-0.2, -0.15) is 0 Å². The Hall–Kier alpha value is -1.42. The first-order valence-electron chi connectivity index (χ1n) is 5.95. The third kappa shape index (κ3) is 2.01. The summed E-state index contributed by atoms with van der Waals surface area (Å²) in [6.07, 6.45) is 0.0752. The molecule has 18 heavy (non-hydrogen) atoms. The molecule has 0 N–H and O–H groups in total. The number of ether oxygens (including phenoxy) is 4. The Balaban J connectivity index is 2.44. The van der Waals surface area contributed by atoms with Crippen molar-refractivity contribution in [3.8, 4) is 17.2 Å². The van der Waals surface area contributed by atoms with Crippen LogP contribution in [0, 0.1) is 5.41 Å². The minimum Gasteiger partial charge on any atom is -0.493 e. The molecule has 0 aliphatic carbocycles. The van der Waals surface area contributed by atoms with Crippen molar-refractivity contribution in [2.24, 2.45) is 5.41 Å². The fourth-order valence-electron chi connectivity index (χ4n) is 2.30. The predicted octanol–water partition coefficient (Wildman–Crippen LogP) is 2.81. The van der Waals surface area contributed by atoms with Crippen molar-refractivity contribution in [1.82, 2.24) is 0 Å². The van der Waals surface area contributed by atoms with E-state index in [4.69, 9.17) is 18.9 Å². The largest absolute Gasteiger partial charge is 0.493 e. The number of rotatable bonds is 4. The Kier molecular flexibility index (Phi) is 3.39. The van der Waals surface area contributed by atoms with Crippen LogP contribution in [0.25, 0.3) is 0 Å². The summed E-state index contributed by atoms with van der Waals surface area (Å²) in [5, 5.41) is 0. The van der Waals surface area contributed by atoms with Crippen LogP contribution in [0.5, 0.6) is 17.2 Å². The summed E-state index contributed by atoms with van der Waals surface area (Å²) in [4.78, 5) is 0. The van der Waals surface area contributed by atoms with Gasteiger partial charge in [0.25, 0.3) is 0 Å². The Labute approximate surface area is 108 Å². The van der Waals surface area contributed by atoms with E-state index in [2.05, 4.69) is 13.8 Å². The molecule has 100 valence electrons. The van der Waals surface area contributed by atoms with Gasteiger partial charge in [-0.25, -0.2) is 0 Å². The first kappa shape index (κ1) is 13.0. The molecule has 1 heterocycles. The highest BCUT2D eigenvalue weighted by molar-refractivity contribution is 5.54. The van der Waals surface area contributed by atoms with E-state index >= 15 is 0 Å². The van der Waals surface area contributed by atoms with Crippen molar-refractivity contribution >= 4 is 0 Å². The van der Waals surface area contributed by atoms with Gasteiger partial charge in [0.05, 0.1) is 34.0 Å². The Morgan fingerprint density at radius 1 is 1.06 bits per heavy atom. The second-order valence-electron chi connectivity index (χ2n) is 5.14. The minimum atomic E-state index is 0.0752. The van der Waals surface area contributed by atoms with Crippen LogP contribution in [0.3, 0.4) is 0 Å². The van der Waals surface area contributed by atoms with Crippen molar-refractivity contribution in [3.05, 3.63) is 17.7 Å². The normalized spacial score (nSPS) is 21.1. The summed E-state index contributed by atoms with van der Waals surface area (Å²) in [5.41, 5.74) is 1.20. The fourth-order valence-corrected chi connectivity index (χ4v) is 2.30. The van der Waals surface area contributed by atoms with E-state index in [9.17, 15) is 0 Å². The van der Waals surface area contributed by atoms with E-state index in [1.54, 1.807) is 21.3 Å². The van der Waals surface area contributed by atoms with Gasteiger partial charge >= 0.3 is 0 Å². The second-order valence-corrected chi connectivity index (χ2v) is 5.14. The highest BCUT2D eigenvalue weighted by Gasteiger charge is 2.41. The van der Waals surface area contributed by atoms with Crippen molar-refractivity contribution < 1.29 is 18.9 Å². The van der Waals surface area contributed by atoms with Gasteiger partial charge in [-0.3, -0.25) is 0 Å². The van der Waals surface area contributed by atoms with Crippen LogP contribution in [0.2, 0.25) is 0 Å². The molecule has 2 rings (SSSR count). The molecule has 1 fully saturated rings. The SMILES string of the molecule is COc1cc(C2OCC2(C)C)cc(OC)c1OC. The summed E-state index contributed by atoms with van der Waals surface area (Å²) < 4.78 is 21.6.